The number of unbranched alkanes of at least 4 members (excludes halogenated alkanes) is 9. The molecule has 0 aliphatic carbocycles. The molecule has 140 valence electrons. The second-order valence-corrected chi connectivity index (χ2v) is 6.59. The van der Waals surface area contributed by atoms with E-state index in [4.69, 9.17) is 14.2 Å². The summed E-state index contributed by atoms with van der Waals surface area (Å²) in [6.07, 6.45) is 14.5. The van der Waals surface area contributed by atoms with Crippen LogP contribution in [0, 0.1) is 0 Å². The molecule has 0 saturated carbocycles. The molecule has 3 heteroatoms. The number of ether oxygens (including phenoxy) is 3. The van der Waals surface area contributed by atoms with Crippen LogP contribution in [0.5, 0.6) is 0 Å². The van der Waals surface area contributed by atoms with Crippen molar-refractivity contribution in [2.45, 2.75) is 111 Å². The lowest BCUT2D eigenvalue weighted by Crippen LogP contribution is -2.37. The smallest absolute Gasteiger partial charge is 0.279 e. The number of rotatable bonds is 18. The van der Waals surface area contributed by atoms with Gasteiger partial charge in [-0.2, -0.15) is 0 Å². The topological polar surface area (TPSA) is 27.7 Å². The number of hydrogen-bond acceptors (Lipinski definition) is 3. The van der Waals surface area contributed by atoms with Gasteiger partial charge in [-0.15, -0.1) is 0 Å². The Labute approximate surface area is 145 Å². The Morgan fingerprint density at radius 1 is 0.478 bits per heavy atom. The molecule has 0 aromatic rings. The van der Waals surface area contributed by atoms with Gasteiger partial charge >= 0.3 is 0 Å². The lowest BCUT2D eigenvalue weighted by molar-refractivity contribution is -0.370. The predicted octanol–water partition coefficient (Wildman–Crippen LogP) is 6.45. The van der Waals surface area contributed by atoms with Crippen LogP contribution in [0.1, 0.15) is 105 Å². The average Bonchev–Trinajstić information content (AvgIpc) is 2.54. The summed E-state index contributed by atoms with van der Waals surface area (Å²) in [7, 11) is 0. The zero-order valence-corrected chi connectivity index (χ0v) is 16.3. The molecule has 0 aromatic carbocycles. The van der Waals surface area contributed by atoms with Gasteiger partial charge in [-0.1, -0.05) is 78.6 Å². The summed E-state index contributed by atoms with van der Waals surface area (Å²) < 4.78 is 17.8. The fourth-order valence-corrected chi connectivity index (χ4v) is 2.48. The molecule has 0 N–H and O–H groups in total. The fourth-order valence-electron chi connectivity index (χ4n) is 2.48. The van der Waals surface area contributed by atoms with Crippen molar-refractivity contribution in [2.24, 2.45) is 0 Å². The van der Waals surface area contributed by atoms with Gasteiger partial charge in [0.05, 0.1) is 19.8 Å². The third-order valence-electron chi connectivity index (χ3n) is 4.09. The Morgan fingerprint density at radius 3 is 1.04 bits per heavy atom. The van der Waals surface area contributed by atoms with Gasteiger partial charge in [-0.3, -0.25) is 0 Å². The molecule has 3 nitrogen and oxygen atoms in total. The van der Waals surface area contributed by atoms with Crippen LogP contribution in [0.2, 0.25) is 0 Å². The molecule has 23 heavy (non-hydrogen) atoms. The van der Waals surface area contributed by atoms with Crippen molar-refractivity contribution in [2.75, 3.05) is 19.8 Å². The maximum atomic E-state index is 5.94. The second kappa shape index (κ2) is 16.7. The van der Waals surface area contributed by atoms with Gasteiger partial charge in [-0.05, 0) is 19.3 Å². The summed E-state index contributed by atoms with van der Waals surface area (Å²) in [4.78, 5) is 0. The van der Waals surface area contributed by atoms with E-state index in [2.05, 4.69) is 20.8 Å². The van der Waals surface area contributed by atoms with Crippen LogP contribution in [-0.4, -0.2) is 25.8 Å². The van der Waals surface area contributed by atoms with Crippen LogP contribution >= 0.6 is 0 Å². The largest absolute Gasteiger partial charge is 0.328 e. The molecule has 0 spiro atoms. The van der Waals surface area contributed by atoms with Crippen molar-refractivity contribution in [1.29, 1.82) is 0 Å². The third kappa shape index (κ3) is 15.2. The van der Waals surface area contributed by atoms with E-state index in [0.29, 0.717) is 0 Å². The zero-order chi connectivity index (χ0) is 17.2. The first kappa shape index (κ1) is 22.9. The highest BCUT2D eigenvalue weighted by atomic mass is 16.9. The lowest BCUT2D eigenvalue weighted by Gasteiger charge is -2.30. The van der Waals surface area contributed by atoms with Crippen molar-refractivity contribution in [1.82, 2.24) is 0 Å². The minimum atomic E-state index is -0.857. The van der Waals surface area contributed by atoms with Gasteiger partial charge in [0.25, 0.3) is 5.97 Å². The molecule has 0 fully saturated rings. The van der Waals surface area contributed by atoms with Crippen LogP contribution in [0.3, 0.4) is 0 Å². The Hall–Kier alpha value is -0.120. The normalized spacial score (nSPS) is 12.0. The molecular weight excluding hydrogens is 288 g/mol. The van der Waals surface area contributed by atoms with Gasteiger partial charge < -0.3 is 14.2 Å². The predicted molar refractivity (Wildman–Crippen MR) is 98.7 cm³/mol. The summed E-state index contributed by atoms with van der Waals surface area (Å²) in [5.41, 5.74) is 0. The van der Waals surface area contributed by atoms with Crippen LogP contribution in [0.4, 0.5) is 0 Å². The minimum absolute atomic E-state index is 0.723. The molecule has 0 bridgehead atoms. The molecule has 0 atom stereocenters. The highest BCUT2D eigenvalue weighted by Crippen LogP contribution is 2.18. The average molecular weight is 331 g/mol. The minimum Gasteiger partial charge on any atom is -0.328 e. The van der Waals surface area contributed by atoms with Crippen molar-refractivity contribution in [3.05, 3.63) is 0 Å². The Kier molecular flexibility index (Phi) is 16.6. The van der Waals surface area contributed by atoms with E-state index >= 15 is 0 Å². The first-order valence-corrected chi connectivity index (χ1v) is 10.1. The third-order valence-corrected chi connectivity index (χ3v) is 4.09. The summed E-state index contributed by atoms with van der Waals surface area (Å²) in [5, 5.41) is 0. The van der Waals surface area contributed by atoms with Crippen molar-refractivity contribution >= 4 is 0 Å². The van der Waals surface area contributed by atoms with E-state index in [0.717, 1.165) is 39.1 Å². The highest BCUT2D eigenvalue weighted by Gasteiger charge is 2.26. The lowest BCUT2D eigenvalue weighted by atomic mass is 10.2. The molecule has 0 unspecified atom stereocenters. The Balaban J connectivity index is 4.00. The maximum Gasteiger partial charge on any atom is 0.279 e. The van der Waals surface area contributed by atoms with Gasteiger partial charge in [-0.25, -0.2) is 0 Å². The van der Waals surface area contributed by atoms with E-state index < -0.39 is 5.97 Å². The van der Waals surface area contributed by atoms with Crippen LogP contribution in [-0.2, 0) is 14.2 Å². The molecule has 0 amide bonds. The van der Waals surface area contributed by atoms with Gasteiger partial charge in [0.1, 0.15) is 0 Å². The molecule has 0 heterocycles. The Bertz CT molecular complexity index is 195. The monoisotopic (exact) mass is 330 g/mol. The van der Waals surface area contributed by atoms with Gasteiger partial charge in [0.2, 0.25) is 0 Å². The van der Waals surface area contributed by atoms with E-state index in [1.165, 1.54) is 57.8 Å². The van der Waals surface area contributed by atoms with Crippen molar-refractivity contribution in [3.8, 4) is 0 Å². The first-order chi connectivity index (χ1) is 11.2. The standard InChI is InChI=1S/C20H42O3/c1-5-8-11-14-17-21-20(4,22-18-15-12-9-6-2)23-19-16-13-10-7-3/h5-19H2,1-4H3. The molecular formula is C20H42O3. The van der Waals surface area contributed by atoms with Crippen molar-refractivity contribution in [3.63, 3.8) is 0 Å². The maximum absolute atomic E-state index is 5.94. The van der Waals surface area contributed by atoms with Crippen molar-refractivity contribution < 1.29 is 14.2 Å². The summed E-state index contributed by atoms with van der Waals surface area (Å²) in [6, 6.07) is 0. The van der Waals surface area contributed by atoms with E-state index in [1.54, 1.807) is 0 Å². The summed E-state index contributed by atoms with van der Waals surface area (Å²) in [6.45, 7) is 10.8. The van der Waals surface area contributed by atoms with Crippen LogP contribution < -0.4 is 0 Å². The van der Waals surface area contributed by atoms with E-state index in [9.17, 15) is 0 Å². The molecule has 0 rings (SSSR count). The SMILES string of the molecule is CCCCCCOC(C)(OCCCCCC)OCCCCCC. The molecule has 0 saturated heterocycles. The molecule has 0 radical (unpaired) electrons. The van der Waals surface area contributed by atoms with Gasteiger partial charge in [0, 0.05) is 6.92 Å². The highest BCUT2D eigenvalue weighted by molar-refractivity contribution is 4.52. The summed E-state index contributed by atoms with van der Waals surface area (Å²) in [5.74, 6) is -0.857. The van der Waals surface area contributed by atoms with Crippen LogP contribution in [0.15, 0.2) is 0 Å². The van der Waals surface area contributed by atoms with E-state index in [-0.39, 0.29) is 0 Å². The number of hydrogen-bond donors (Lipinski definition) is 0. The Morgan fingerprint density at radius 2 is 0.783 bits per heavy atom. The fraction of sp³-hybridized carbons (Fsp3) is 1.00. The quantitative estimate of drug-likeness (QED) is 0.213. The molecule has 0 aliphatic heterocycles. The van der Waals surface area contributed by atoms with Crippen LogP contribution in [0.25, 0.3) is 0 Å². The zero-order valence-electron chi connectivity index (χ0n) is 16.3. The second-order valence-electron chi connectivity index (χ2n) is 6.59. The van der Waals surface area contributed by atoms with E-state index in [1.807, 2.05) is 6.92 Å². The molecule has 0 aliphatic rings. The molecule has 0 aromatic heterocycles. The summed E-state index contributed by atoms with van der Waals surface area (Å²) >= 11 is 0. The van der Waals surface area contributed by atoms with Gasteiger partial charge in [0.15, 0.2) is 0 Å². The first-order valence-electron chi connectivity index (χ1n) is 10.1.